The van der Waals surface area contributed by atoms with Crippen LogP contribution in [-0.4, -0.2) is 35.9 Å². The summed E-state index contributed by atoms with van der Waals surface area (Å²) in [7, 11) is 1.83. The molecule has 5 nitrogen and oxygen atoms in total. The first-order valence-electron chi connectivity index (χ1n) is 9.63. The van der Waals surface area contributed by atoms with Crippen molar-refractivity contribution in [2.24, 2.45) is 0 Å². The predicted molar refractivity (Wildman–Crippen MR) is 107 cm³/mol. The zero-order chi connectivity index (χ0) is 18.8. The van der Waals surface area contributed by atoms with Gasteiger partial charge in [-0.3, -0.25) is 9.78 Å². The first-order chi connectivity index (χ1) is 13.2. The van der Waals surface area contributed by atoms with Crippen molar-refractivity contribution >= 4 is 22.6 Å². The molecule has 0 radical (unpaired) electrons. The number of para-hydroxylation sites is 1. The lowest BCUT2D eigenvalue weighted by atomic mass is 10.1. The average molecular weight is 363 g/mol. The molecule has 2 aromatic heterocycles. The van der Waals surface area contributed by atoms with E-state index in [2.05, 4.69) is 22.9 Å². The van der Waals surface area contributed by atoms with E-state index in [9.17, 15) is 4.79 Å². The van der Waals surface area contributed by atoms with E-state index in [1.54, 1.807) is 11.1 Å². The van der Waals surface area contributed by atoms with E-state index < -0.39 is 0 Å². The molecule has 0 unspecified atom stereocenters. The highest BCUT2D eigenvalue weighted by molar-refractivity contribution is 5.93. The molecule has 1 aromatic carbocycles. The Bertz CT molecular complexity index is 957. The molecule has 1 amide bonds. The van der Waals surface area contributed by atoms with Gasteiger partial charge in [-0.15, -0.1) is 0 Å². The minimum Gasteiger partial charge on any atom is -0.461 e. The number of amides is 1. The van der Waals surface area contributed by atoms with Gasteiger partial charge in [-0.25, -0.2) is 0 Å². The Morgan fingerprint density at radius 3 is 2.78 bits per heavy atom. The third-order valence-electron chi connectivity index (χ3n) is 5.28. The van der Waals surface area contributed by atoms with Gasteiger partial charge in [0.15, 0.2) is 0 Å². The normalized spacial score (nSPS) is 14.1. The van der Waals surface area contributed by atoms with Crippen LogP contribution in [0.2, 0.25) is 0 Å². The molecular weight excluding hydrogens is 338 g/mol. The van der Waals surface area contributed by atoms with Crippen molar-refractivity contribution in [1.82, 2.24) is 9.88 Å². The van der Waals surface area contributed by atoms with Crippen LogP contribution in [0.15, 0.2) is 47.0 Å². The topological polar surface area (TPSA) is 49.6 Å². The van der Waals surface area contributed by atoms with Gasteiger partial charge in [0.05, 0.1) is 0 Å². The minimum atomic E-state index is -0.0663. The van der Waals surface area contributed by atoms with Crippen LogP contribution in [0.3, 0.4) is 0 Å². The molecule has 1 saturated heterocycles. The Hall–Kier alpha value is -2.82. The Morgan fingerprint density at radius 2 is 2.00 bits per heavy atom. The van der Waals surface area contributed by atoms with Crippen LogP contribution in [0.5, 0.6) is 0 Å². The molecule has 3 heterocycles. The molecule has 5 heteroatoms. The number of nitrogens with zero attached hydrogens (tertiary/aromatic N) is 3. The number of aromatic nitrogens is 1. The molecule has 27 heavy (non-hydrogen) atoms. The summed E-state index contributed by atoms with van der Waals surface area (Å²) >= 11 is 0. The number of hydrogen-bond donors (Lipinski definition) is 0. The van der Waals surface area contributed by atoms with E-state index in [0.717, 1.165) is 47.5 Å². The van der Waals surface area contributed by atoms with Gasteiger partial charge in [0, 0.05) is 55.9 Å². The lowest BCUT2D eigenvalue weighted by Gasteiger charge is -2.20. The van der Waals surface area contributed by atoms with E-state index in [4.69, 9.17) is 4.42 Å². The summed E-state index contributed by atoms with van der Waals surface area (Å²) < 4.78 is 5.96. The van der Waals surface area contributed by atoms with Crippen molar-refractivity contribution in [2.45, 2.75) is 32.7 Å². The fourth-order valence-corrected chi connectivity index (χ4v) is 3.82. The van der Waals surface area contributed by atoms with Gasteiger partial charge in [0.2, 0.25) is 0 Å². The molecule has 1 aliphatic rings. The number of benzene rings is 1. The van der Waals surface area contributed by atoms with Gasteiger partial charge < -0.3 is 14.2 Å². The van der Waals surface area contributed by atoms with E-state index in [0.29, 0.717) is 12.2 Å². The first-order valence-corrected chi connectivity index (χ1v) is 9.63. The third kappa shape index (κ3) is 3.42. The van der Waals surface area contributed by atoms with Crippen molar-refractivity contribution in [2.75, 3.05) is 25.0 Å². The van der Waals surface area contributed by atoms with Crippen LogP contribution in [0.25, 0.3) is 11.0 Å². The average Bonchev–Trinajstić information content (AvgIpc) is 3.36. The summed E-state index contributed by atoms with van der Waals surface area (Å²) in [6, 6.07) is 11.9. The quantitative estimate of drug-likeness (QED) is 0.679. The van der Waals surface area contributed by atoms with Gasteiger partial charge in [-0.05, 0) is 31.0 Å². The van der Waals surface area contributed by atoms with Crippen LogP contribution in [-0.2, 0) is 13.0 Å². The molecule has 0 spiro atoms. The van der Waals surface area contributed by atoms with Crippen LogP contribution < -0.4 is 4.90 Å². The SMILES string of the molecule is CCc1oc2ccccc2c1CN(C)C(=O)c1cc(N2CCCC2)ccn1. The number of rotatable bonds is 5. The van der Waals surface area contributed by atoms with Gasteiger partial charge in [0.1, 0.15) is 17.0 Å². The van der Waals surface area contributed by atoms with E-state index >= 15 is 0 Å². The summed E-state index contributed by atoms with van der Waals surface area (Å²) in [5.74, 6) is 0.873. The van der Waals surface area contributed by atoms with Gasteiger partial charge in [-0.2, -0.15) is 0 Å². The maximum atomic E-state index is 13.0. The van der Waals surface area contributed by atoms with Crippen molar-refractivity contribution < 1.29 is 9.21 Å². The molecule has 1 fully saturated rings. The molecule has 0 saturated carbocycles. The molecule has 0 aliphatic carbocycles. The van der Waals surface area contributed by atoms with Crippen molar-refractivity contribution in [3.05, 3.63) is 59.6 Å². The first kappa shape index (κ1) is 17.6. The summed E-state index contributed by atoms with van der Waals surface area (Å²) in [6.07, 6.45) is 4.95. The Balaban J connectivity index is 1.57. The van der Waals surface area contributed by atoms with Gasteiger partial charge >= 0.3 is 0 Å². The number of carbonyl (C=O) groups excluding carboxylic acids is 1. The van der Waals surface area contributed by atoms with Crippen LogP contribution in [0.1, 0.15) is 41.6 Å². The Morgan fingerprint density at radius 1 is 1.22 bits per heavy atom. The number of aryl methyl sites for hydroxylation is 1. The van der Waals surface area contributed by atoms with Gasteiger partial charge in [0.25, 0.3) is 5.91 Å². The third-order valence-corrected chi connectivity index (χ3v) is 5.28. The van der Waals surface area contributed by atoms with Crippen LogP contribution in [0, 0.1) is 0 Å². The highest BCUT2D eigenvalue weighted by atomic mass is 16.3. The number of pyridine rings is 1. The second kappa shape index (κ2) is 7.43. The number of hydrogen-bond acceptors (Lipinski definition) is 4. The molecular formula is C22H25N3O2. The second-order valence-electron chi connectivity index (χ2n) is 7.11. The monoisotopic (exact) mass is 363 g/mol. The highest BCUT2D eigenvalue weighted by Crippen LogP contribution is 2.28. The predicted octanol–water partition coefficient (Wildman–Crippen LogP) is 4.26. The number of furan rings is 1. The van der Waals surface area contributed by atoms with Crippen molar-refractivity contribution in [3.8, 4) is 0 Å². The summed E-state index contributed by atoms with van der Waals surface area (Å²) in [5.41, 5.74) is 3.54. The van der Waals surface area contributed by atoms with E-state index in [1.165, 1.54) is 12.8 Å². The molecule has 0 N–H and O–H groups in total. The lowest BCUT2D eigenvalue weighted by Crippen LogP contribution is -2.28. The zero-order valence-electron chi connectivity index (χ0n) is 15.9. The highest BCUT2D eigenvalue weighted by Gasteiger charge is 2.20. The van der Waals surface area contributed by atoms with Gasteiger partial charge in [-0.1, -0.05) is 25.1 Å². The maximum absolute atomic E-state index is 13.0. The summed E-state index contributed by atoms with van der Waals surface area (Å²) in [5, 5.41) is 1.08. The van der Waals surface area contributed by atoms with Crippen molar-refractivity contribution in [3.63, 3.8) is 0 Å². The molecule has 1 aliphatic heterocycles. The number of fused-ring (bicyclic) bond motifs is 1. The molecule has 0 bridgehead atoms. The molecule has 4 rings (SSSR count). The maximum Gasteiger partial charge on any atom is 0.272 e. The van der Waals surface area contributed by atoms with Crippen molar-refractivity contribution in [1.29, 1.82) is 0 Å². The standard InChI is InChI=1S/C22H25N3O2/c1-3-20-18(17-8-4-5-9-21(17)27-20)15-24(2)22(26)19-14-16(10-11-23-19)25-12-6-7-13-25/h4-5,8-11,14H,3,6-7,12-13,15H2,1-2H3. The molecule has 140 valence electrons. The smallest absolute Gasteiger partial charge is 0.272 e. The van der Waals surface area contributed by atoms with Crippen LogP contribution in [0.4, 0.5) is 5.69 Å². The summed E-state index contributed by atoms with van der Waals surface area (Å²) in [4.78, 5) is 21.4. The Kier molecular flexibility index (Phi) is 4.84. The number of anilines is 1. The Labute approximate surface area is 159 Å². The summed E-state index contributed by atoms with van der Waals surface area (Å²) in [6.45, 7) is 4.68. The second-order valence-corrected chi connectivity index (χ2v) is 7.11. The number of carbonyl (C=O) groups is 1. The fourth-order valence-electron chi connectivity index (χ4n) is 3.82. The lowest BCUT2D eigenvalue weighted by molar-refractivity contribution is 0.0779. The largest absolute Gasteiger partial charge is 0.461 e. The fraction of sp³-hybridized carbons (Fsp3) is 0.364. The van der Waals surface area contributed by atoms with E-state index in [-0.39, 0.29) is 5.91 Å². The minimum absolute atomic E-state index is 0.0663. The van der Waals surface area contributed by atoms with E-state index in [1.807, 2.05) is 37.4 Å². The van der Waals surface area contributed by atoms with Crippen LogP contribution >= 0.6 is 0 Å². The zero-order valence-corrected chi connectivity index (χ0v) is 15.9. The molecule has 0 atom stereocenters. The molecule has 3 aromatic rings.